The molecule has 0 aliphatic heterocycles. The average Bonchev–Trinajstić information content (AvgIpc) is 2.46. The van der Waals surface area contributed by atoms with Gasteiger partial charge in [-0.1, -0.05) is 6.07 Å². The van der Waals surface area contributed by atoms with Crippen LogP contribution >= 0.6 is 11.8 Å². The van der Waals surface area contributed by atoms with Crippen LogP contribution in [-0.4, -0.2) is 21.5 Å². The molecule has 0 bridgehead atoms. The molecule has 8 heteroatoms. The fraction of sp³-hybridized carbons (Fsp3) is 0.133. The van der Waals surface area contributed by atoms with E-state index in [1.807, 2.05) is 38.1 Å². The average molecular weight is 325 g/mol. The number of nitriles is 1. The van der Waals surface area contributed by atoms with E-state index in [1.165, 1.54) is 11.8 Å². The zero-order chi connectivity index (χ0) is 16.8. The number of rotatable bonds is 5. The normalized spacial score (nSPS) is 10.9. The van der Waals surface area contributed by atoms with Gasteiger partial charge < -0.3 is 5.73 Å². The van der Waals surface area contributed by atoms with Crippen LogP contribution in [0, 0.1) is 30.6 Å². The van der Waals surface area contributed by atoms with Crippen LogP contribution in [0.4, 0.5) is 5.69 Å². The number of nitrogens with two attached hydrogens (primary N) is 1. The summed E-state index contributed by atoms with van der Waals surface area (Å²) >= 11 is 1.43. The van der Waals surface area contributed by atoms with E-state index in [-0.39, 0.29) is 11.5 Å². The van der Waals surface area contributed by atoms with Crippen molar-refractivity contribution in [3.8, 4) is 6.07 Å². The van der Waals surface area contributed by atoms with Gasteiger partial charge in [0.1, 0.15) is 6.07 Å². The number of aryl methyl sites for hydroxylation is 2. The van der Waals surface area contributed by atoms with Crippen LogP contribution in [0.15, 0.2) is 45.5 Å². The second kappa shape index (κ2) is 7.38. The second-order valence-electron chi connectivity index (χ2n) is 4.66. The van der Waals surface area contributed by atoms with Crippen molar-refractivity contribution in [2.24, 2.45) is 10.8 Å². The zero-order valence-electron chi connectivity index (χ0n) is 12.7. The molecule has 0 saturated heterocycles. The Morgan fingerprint density at radius 2 is 2.00 bits per heavy atom. The minimum atomic E-state index is -0.380. The molecule has 7 nitrogen and oxygen atoms in total. The van der Waals surface area contributed by atoms with Crippen molar-refractivity contribution < 1.29 is 0 Å². The largest absolute Gasteiger partial charge is 0.382 e. The first-order chi connectivity index (χ1) is 11.0. The van der Waals surface area contributed by atoms with E-state index in [2.05, 4.69) is 20.5 Å². The molecule has 2 aromatic rings. The Bertz CT molecular complexity index is 787. The number of aromatic nitrogens is 2. The number of nitrogens with one attached hydrogen (secondary N) is 2. The first-order valence-electron chi connectivity index (χ1n) is 6.66. The highest BCUT2D eigenvalue weighted by atomic mass is 32.2. The first kappa shape index (κ1) is 16.5. The summed E-state index contributed by atoms with van der Waals surface area (Å²) in [5.74, 6) is -0.380. The van der Waals surface area contributed by atoms with Crippen molar-refractivity contribution in [3.63, 3.8) is 0 Å². The molecular weight excluding hydrogens is 310 g/mol. The molecule has 0 spiro atoms. The third-order valence-corrected chi connectivity index (χ3v) is 3.52. The van der Waals surface area contributed by atoms with E-state index in [4.69, 9.17) is 16.4 Å². The predicted octanol–water partition coefficient (Wildman–Crippen LogP) is 2.47. The van der Waals surface area contributed by atoms with Crippen molar-refractivity contribution in [1.29, 1.82) is 10.7 Å². The summed E-state index contributed by atoms with van der Waals surface area (Å²) in [6, 6.07) is 11.1. The molecule has 0 aliphatic carbocycles. The standard InChI is InChI=1S/C15H15N7S/c1-9-6-10(2)20-15(19-9)23-12-5-3-4-11(7-12)21-22-13(8-16)14(17)18/h3-7,21H,1-2H3,(H3,17,18)/b22-13+. The Labute approximate surface area is 138 Å². The molecule has 23 heavy (non-hydrogen) atoms. The molecule has 0 radical (unpaired) electrons. The van der Waals surface area contributed by atoms with E-state index in [0.29, 0.717) is 10.8 Å². The van der Waals surface area contributed by atoms with Gasteiger partial charge >= 0.3 is 0 Å². The molecule has 1 aromatic heterocycles. The van der Waals surface area contributed by atoms with Gasteiger partial charge in [0.2, 0.25) is 5.71 Å². The zero-order valence-corrected chi connectivity index (χ0v) is 13.5. The molecule has 2 rings (SSSR count). The van der Waals surface area contributed by atoms with Gasteiger partial charge in [-0.3, -0.25) is 10.8 Å². The molecule has 4 N–H and O–H groups in total. The molecule has 1 heterocycles. The third kappa shape index (κ3) is 4.79. The van der Waals surface area contributed by atoms with Crippen LogP contribution in [0.1, 0.15) is 11.4 Å². The summed E-state index contributed by atoms with van der Waals surface area (Å²) in [5, 5.41) is 20.5. The second-order valence-corrected chi connectivity index (χ2v) is 5.70. The van der Waals surface area contributed by atoms with Gasteiger partial charge in [0.15, 0.2) is 11.0 Å². The van der Waals surface area contributed by atoms with Crippen LogP contribution in [0.5, 0.6) is 0 Å². The number of hydrazone groups is 1. The quantitative estimate of drug-likeness (QED) is 0.336. The van der Waals surface area contributed by atoms with Gasteiger partial charge in [-0.05, 0) is 49.9 Å². The minimum absolute atomic E-state index is 0.166. The smallest absolute Gasteiger partial charge is 0.201 e. The Balaban J connectivity index is 2.17. The van der Waals surface area contributed by atoms with Gasteiger partial charge in [0.25, 0.3) is 0 Å². The number of hydrogen-bond acceptors (Lipinski definition) is 7. The van der Waals surface area contributed by atoms with Crippen LogP contribution < -0.4 is 11.2 Å². The molecule has 0 amide bonds. The monoisotopic (exact) mass is 325 g/mol. The van der Waals surface area contributed by atoms with E-state index < -0.39 is 0 Å². The molecule has 1 aromatic carbocycles. The van der Waals surface area contributed by atoms with Crippen molar-refractivity contribution in [1.82, 2.24) is 9.97 Å². The van der Waals surface area contributed by atoms with Crippen LogP contribution in [0.2, 0.25) is 0 Å². The Kier molecular flexibility index (Phi) is 5.28. The topological polar surface area (TPSA) is 124 Å². The highest BCUT2D eigenvalue weighted by Crippen LogP contribution is 2.27. The lowest BCUT2D eigenvalue weighted by atomic mass is 10.3. The third-order valence-electron chi connectivity index (χ3n) is 2.66. The fourth-order valence-corrected chi connectivity index (χ4v) is 2.66. The number of anilines is 1. The van der Waals surface area contributed by atoms with Crippen molar-refractivity contribution >= 4 is 29.0 Å². The van der Waals surface area contributed by atoms with Gasteiger partial charge in [-0.25, -0.2) is 9.97 Å². The number of hydrogen-bond donors (Lipinski definition) is 3. The summed E-state index contributed by atoms with van der Waals surface area (Å²) < 4.78 is 0. The highest BCUT2D eigenvalue weighted by Gasteiger charge is 2.04. The summed E-state index contributed by atoms with van der Waals surface area (Å²) in [4.78, 5) is 9.70. The van der Waals surface area contributed by atoms with Crippen molar-refractivity contribution in [2.45, 2.75) is 23.9 Å². The van der Waals surface area contributed by atoms with E-state index in [9.17, 15) is 0 Å². The van der Waals surface area contributed by atoms with Gasteiger partial charge in [-0.2, -0.15) is 10.4 Å². The van der Waals surface area contributed by atoms with Gasteiger partial charge in [0.05, 0.1) is 5.69 Å². The maximum Gasteiger partial charge on any atom is 0.201 e. The lowest BCUT2D eigenvalue weighted by Gasteiger charge is -2.05. The Hall–Kier alpha value is -2.92. The molecule has 116 valence electrons. The summed E-state index contributed by atoms with van der Waals surface area (Å²) in [5.41, 5.74) is 10.3. The van der Waals surface area contributed by atoms with Crippen molar-refractivity contribution in [2.75, 3.05) is 5.43 Å². The van der Waals surface area contributed by atoms with Crippen LogP contribution in [-0.2, 0) is 0 Å². The summed E-state index contributed by atoms with van der Waals surface area (Å²) in [6.45, 7) is 3.85. The van der Waals surface area contributed by atoms with Gasteiger partial charge in [0, 0.05) is 16.3 Å². The molecule has 0 unspecified atom stereocenters. The van der Waals surface area contributed by atoms with Crippen molar-refractivity contribution in [3.05, 3.63) is 41.7 Å². The SMILES string of the molecule is Cc1cc(C)nc(Sc2cccc(N/N=C(\C#N)C(=N)N)c2)n1. The lowest BCUT2D eigenvalue weighted by Crippen LogP contribution is -2.21. The summed E-state index contributed by atoms with van der Waals surface area (Å²) in [6.07, 6.45) is 0. The molecule has 0 aliphatic rings. The maximum absolute atomic E-state index is 8.81. The lowest BCUT2D eigenvalue weighted by molar-refractivity contribution is 0.902. The van der Waals surface area contributed by atoms with E-state index in [0.717, 1.165) is 16.3 Å². The maximum atomic E-state index is 8.81. The number of nitrogens with zero attached hydrogens (tertiary/aromatic N) is 4. The van der Waals surface area contributed by atoms with E-state index >= 15 is 0 Å². The Morgan fingerprint density at radius 1 is 1.30 bits per heavy atom. The number of amidine groups is 1. The predicted molar refractivity (Wildman–Crippen MR) is 90.7 cm³/mol. The number of benzene rings is 1. The fourth-order valence-electron chi connectivity index (χ4n) is 1.74. The molecule has 0 atom stereocenters. The summed E-state index contributed by atoms with van der Waals surface area (Å²) in [7, 11) is 0. The Morgan fingerprint density at radius 3 is 2.61 bits per heavy atom. The molecule has 0 saturated carbocycles. The van der Waals surface area contributed by atoms with Crippen LogP contribution in [0.25, 0.3) is 0 Å². The minimum Gasteiger partial charge on any atom is -0.382 e. The van der Waals surface area contributed by atoms with Gasteiger partial charge in [-0.15, -0.1) is 0 Å². The van der Waals surface area contributed by atoms with E-state index in [1.54, 1.807) is 12.1 Å². The van der Waals surface area contributed by atoms with Crippen LogP contribution in [0.3, 0.4) is 0 Å². The molecular formula is C15H15N7S. The highest BCUT2D eigenvalue weighted by molar-refractivity contribution is 7.99. The molecule has 0 fully saturated rings. The first-order valence-corrected chi connectivity index (χ1v) is 7.48.